The Labute approximate surface area is 91.1 Å². The Hall–Kier alpha value is -2.24. The maximum Gasteiger partial charge on any atom is 0.285 e. The topological polar surface area (TPSA) is 82.1 Å². The van der Waals surface area contributed by atoms with Gasteiger partial charge >= 0.3 is 0 Å². The van der Waals surface area contributed by atoms with E-state index in [0.29, 0.717) is 17.0 Å². The van der Waals surface area contributed by atoms with Crippen molar-refractivity contribution in [2.75, 3.05) is 0 Å². The van der Waals surface area contributed by atoms with E-state index in [1.54, 1.807) is 32.0 Å². The lowest BCUT2D eigenvalue weighted by Crippen LogP contribution is -1.95. The summed E-state index contributed by atoms with van der Waals surface area (Å²) in [5.74, 6) is 0.624. The fraction of sp³-hybridized carbons (Fsp3) is 0.200. The molecule has 82 valence electrons. The molecule has 1 aromatic heterocycles. The molecular weight excluding hydrogens is 210 g/mol. The van der Waals surface area contributed by atoms with Crippen LogP contribution in [0.25, 0.3) is 11.5 Å². The normalized spacial score (nSPS) is 10.4. The van der Waals surface area contributed by atoms with Crippen LogP contribution >= 0.6 is 0 Å². The number of aromatic nitrogens is 2. The van der Waals surface area contributed by atoms with E-state index in [1.807, 2.05) is 0 Å². The van der Waals surface area contributed by atoms with Crippen molar-refractivity contribution >= 4 is 5.69 Å². The zero-order valence-corrected chi connectivity index (χ0v) is 8.80. The number of hydrogen-bond donors (Lipinski definition) is 0. The third-order valence-corrected chi connectivity index (χ3v) is 2.18. The molecule has 0 fully saturated rings. The first-order valence-corrected chi connectivity index (χ1v) is 4.64. The fourth-order valence-electron chi connectivity index (χ4n) is 1.48. The summed E-state index contributed by atoms with van der Waals surface area (Å²) in [5.41, 5.74) is 0.926. The monoisotopic (exact) mass is 219 g/mol. The largest absolute Gasteiger partial charge is 0.334 e. The first-order valence-electron chi connectivity index (χ1n) is 4.64. The molecule has 0 aliphatic carbocycles. The predicted octanol–water partition coefficient (Wildman–Crippen LogP) is 2.26. The van der Waals surface area contributed by atoms with Crippen LogP contribution in [0.1, 0.15) is 11.4 Å². The second-order valence-electron chi connectivity index (χ2n) is 3.37. The first-order chi connectivity index (χ1) is 7.59. The third-order valence-electron chi connectivity index (χ3n) is 2.18. The molecule has 2 rings (SSSR count). The Morgan fingerprint density at radius 3 is 2.69 bits per heavy atom. The van der Waals surface area contributed by atoms with Gasteiger partial charge in [0.1, 0.15) is 5.56 Å². The maximum absolute atomic E-state index is 10.9. The van der Waals surface area contributed by atoms with Crippen LogP contribution in [0.15, 0.2) is 22.7 Å². The number of aryl methyl sites for hydroxylation is 2. The van der Waals surface area contributed by atoms with E-state index in [1.165, 1.54) is 0 Å². The van der Waals surface area contributed by atoms with E-state index in [0.717, 1.165) is 0 Å². The van der Waals surface area contributed by atoms with E-state index in [4.69, 9.17) is 4.52 Å². The second kappa shape index (κ2) is 3.73. The summed E-state index contributed by atoms with van der Waals surface area (Å²) in [5, 5.41) is 14.6. The van der Waals surface area contributed by atoms with E-state index in [9.17, 15) is 10.1 Å². The molecule has 0 aliphatic rings. The van der Waals surface area contributed by atoms with Crippen molar-refractivity contribution in [1.29, 1.82) is 0 Å². The highest BCUT2D eigenvalue weighted by Crippen LogP contribution is 2.31. The molecule has 0 saturated carbocycles. The zero-order valence-electron chi connectivity index (χ0n) is 8.80. The molecule has 0 radical (unpaired) electrons. The highest BCUT2D eigenvalue weighted by atomic mass is 16.6. The van der Waals surface area contributed by atoms with Gasteiger partial charge in [0.2, 0.25) is 0 Å². The van der Waals surface area contributed by atoms with Crippen molar-refractivity contribution in [2.45, 2.75) is 13.8 Å². The highest BCUT2D eigenvalue weighted by molar-refractivity contribution is 5.69. The van der Waals surface area contributed by atoms with Crippen LogP contribution in [0.5, 0.6) is 0 Å². The molecule has 0 N–H and O–H groups in total. The lowest BCUT2D eigenvalue weighted by Gasteiger charge is -2.00. The van der Waals surface area contributed by atoms with Gasteiger partial charge in [-0.15, -0.1) is 0 Å². The van der Waals surface area contributed by atoms with Crippen LogP contribution in [-0.4, -0.2) is 15.1 Å². The summed E-state index contributed by atoms with van der Waals surface area (Å²) >= 11 is 0. The number of nitro benzene ring substituents is 1. The summed E-state index contributed by atoms with van der Waals surface area (Å²) in [6.45, 7) is 3.33. The summed E-state index contributed by atoms with van der Waals surface area (Å²) < 4.78 is 4.93. The molecule has 1 aromatic carbocycles. The van der Waals surface area contributed by atoms with Gasteiger partial charge in [0, 0.05) is 5.56 Å². The number of nitro groups is 1. The third kappa shape index (κ3) is 1.65. The minimum Gasteiger partial charge on any atom is -0.334 e. The number of hydrogen-bond acceptors (Lipinski definition) is 5. The Kier molecular flexibility index (Phi) is 2.40. The standard InChI is InChI=1S/C10H9N3O3/c1-6-4-3-5-8(9(6)13(14)15)10-11-7(2)12-16-10/h3-5H,1-2H3. The minimum atomic E-state index is -0.440. The highest BCUT2D eigenvalue weighted by Gasteiger charge is 2.21. The van der Waals surface area contributed by atoms with Gasteiger partial charge in [-0.2, -0.15) is 4.98 Å². The quantitative estimate of drug-likeness (QED) is 0.571. The Morgan fingerprint density at radius 1 is 1.38 bits per heavy atom. The molecule has 16 heavy (non-hydrogen) atoms. The molecule has 0 bridgehead atoms. The Balaban J connectivity index is 2.65. The molecule has 0 amide bonds. The van der Waals surface area contributed by atoms with Gasteiger partial charge in [0.25, 0.3) is 11.6 Å². The minimum absolute atomic E-state index is 0.00569. The summed E-state index contributed by atoms with van der Waals surface area (Å²) in [7, 11) is 0. The average molecular weight is 219 g/mol. The van der Waals surface area contributed by atoms with Crippen LogP contribution < -0.4 is 0 Å². The Morgan fingerprint density at radius 2 is 2.12 bits per heavy atom. The number of benzene rings is 1. The second-order valence-corrected chi connectivity index (χ2v) is 3.37. The molecule has 2 aromatic rings. The number of rotatable bonds is 2. The SMILES string of the molecule is Cc1noc(-c2cccc(C)c2[N+](=O)[O-])n1. The van der Waals surface area contributed by atoms with Gasteiger partial charge in [-0.3, -0.25) is 10.1 Å². The fourth-order valence-corrected chi connectivity index (χ4v) is 1.48. The van der Waals surface area contributed by atoms with Crippen LogP contribution in [0.2, 0.25) is 0 Å². The average Bonchev–Trinajstić information content (AvgIpc) is 2.63. The molecular formula is C10H9N3O3. The van der Waals surface area contributed by atoms with E-state index >= 15 is 0 Å². The number of nitrogens with zero attached hydrogens (tertiary/aromatic N) is 3. The van der Waals surface area contributed by atoms with Crippen LogP contribution in [-0.2, 0) is 0 Å². The summed E-state index contributed by atoms with van der Waals surface area (Å²) in [4.78, 5) is 14.5. The summed E-state index contributed by atoms with van der Waals surface area (Å²) in [6, 6.07) is 4.99. The maximum atomic E-state index is 10.9. The van der Waals surface area contributed by atoms with Gasteiger partial charge in [0.15, 0.2) is 5.82 Å². The van der Waals surface area contributed by atoms with Gasteiger partial charge in [-0.25, -0.2) is 0 Å². The smallest absolute Gasteiger partial charge is 0.285 e. The molecule has 0 atom stereocenters. The lowest BCUT2D eigenvalue weighted by molar-refractivity contribution is -0.384. The number of para-hydroxylation sites is 1. The van der Waals surface area contributed by atoms with Crippen molar-refractivity contribution in [3.63, 3.8) is 0 Å². The van der Waals surface area contributed by atoms with E-state index in [2.05, 4.69) is 10.1 Å². The molecule has 1 heterocycles. The van der Waals surface area contributed by atoms with Crippen molar-refractivity contribution in [3.8, 4) is 11.5 Å². The van der Waals surface area contributed by atoms with E-state index in [-0.39, 0.29) is 11.6 Å². The molecule has 6 nitrogen and oxygen atoms in total. The molecule has 0 unspecified atom stereocenters. The van der Waals surface area contributed by atoms with Crippen LogP contribution in [0.3, 0.4) is 0 Å². The van der Waals surface area contributed by atoms with Crippen LogP contribution in [0.4, 0.5) is 5.69 Å². The molecule has 0 aliphatic heterocycles. The zero-order chi connectivity index (χ0) is 11.7. The van der Waals surface area contributed by atoms with E-state index < -0.39 is 4.92 Å². The van der Waals surface area contributed by atoms with Crippen molar-refractivity contribution < 1.29 is 9.45 Å². The summed E-state index contributed by atoms with van der Waals surface area (Å²) in [6.07, 6.45) is 0. The van der Waals surface area contributed by atoms with Crippen molar-refractivity contribution in [3.05, 3.63) is 39.7 Å². The molecule has 0 saturated heterocycles. The van der Waals surface area contributed by atoms with Gasteiger partial charge in [-0.1, -0.05) is 17.3 Å². The Bertz CT molecular complexity index is 548. The molecule has 6 heteroatoms. The lowest BCUT2D eigenvalue weighted by atomic mass is 10.1. The van der Waals surface area contributed by atoms with Gasteiger partial charge < -0.3 is 4.52 Å². The first kappa shape index (κ1) is 10.3. The van der Waals surface area contributed by atoms with Crippen LogP contribution in [0, 0.1) is 24.0 Å². The molecule has 0 spiro atoms. The predicted molar refractivity (Wildman–Crippen MR) is 55.9 cm³/mol. The van der Waals surface area contributed by atoms with Gasteiger partial charge in [0.05, 0.1) is 4.92 Å². The van der Waals surface area contributed by atoms with Crippen molar-refractivity contribution in [2.24, 2.45) is 0 Å². The van der Waals surface area contributed by atoms with Gasteiger partial charge in [-0.05, 0) is 19.9 Å². The van der Waals surface area contributed by atoms with Crippen molar-refractivity contribution in [1.82, 2.24) is 10.1 Å².